The van der Waals surface area contributed by atoms with Gasteiger partial charge in [0.15, 0.2) is 0 Å². The number of rotatable bonds is 4. The number of carboxylic acids is 1. The van der Waals surface area contributed by atoms with Crippen molar-refractivity contribution in [3.8, 4) is 0 Å². The largest absolute Gasteiger partial charge is 0.478 e. The standard InChI is InChI=1S/C11H10N4O3/c16-10(5-7-1-4-13-15-7)14-9-6-12-3-2-8(9)11(17)18/h1-4,6H,5H2,(H,13,15)(H,14,16)(H,17,18). The molecule has 92 valence electrons. The fourth-order valence-electron chi connectivity index (χ4n) is 1.43. The first-order chi connectivity index (χ1) is 8.66. The number of carbonyl (C=O) groups is 2. The van der Waals surface area contributed by atoms with Gasteiger partial charge < -0.3 is 10.4 Å². The van der Waals surface area contributed by atoms with Crippen molar-refractivity contribution in [2.75, 3.05) is 5.32 Å². The molecule has 2 aromatic rings. The van der Waals surface area contributed by atoms with Crippen LogP contribution in [0.15, 0.2) is 30.7 Å². The molecule has 2 rings (SSSR count). The van der Waals surface area contributed by atoms with Crippen molar-refractivity contribution in [2.45, 2.75) is 6.42 Å². The maximum Gasteiger partial charge on any atom is 0.337 e. The number of amides is 1. The predicted molar refractivity (Wildman–Crippen MR) is 62.1 cm³/mol. The van der Waals surface area contributed by atoms with E-state index in [4.69, 9.17) is 5.11 Å². The molecule has 0 bridgehead atoms. The Labute approximate surface area is 102 Å². The average Bonchev–Trinajstić information content (AvgIpc) is 2.82. The SMILES string of the molecule is O=C(Cc1ccn[nH]1)Nc1cnccc1C(=O)O. The van der Waals surface area contributed by atoms with Crippen LogP contribution in [0, 0.1) is 0 Å². The van der Waals surface area contributed by atoms with Crippen LogP contribution in [-0.2, 0) is 11.2 Å². The summed E-state index contributed by atoms with van der Waals surface area (Å²) in [4.78, 5) is 26.4. The van der Waals surface area contributed by atoms with Crippen molar-refractivity contribution >= 4 is 17.6 Å². The highest BCUT2D eigenvalue weighted by Crippen LogP contribution is 2.13. The molecule has 3 N–H and O–H groups in total. The predicted octanol–water partition coefficient (Wildman–Crippen LogP) is 0.684. The summed E-state index contributed by atoms with van der Waals surface area (Å²) in [7, 11) is 0. The minimum atomic E-state index is -1.12. The molecule has 0 aliphatic heterocycles. The summed E-state index contributed by atoms with van der Waals surface area (Å²) >= 11 is 0. The second-order valence-corrected chi connectivity index (χ2v) is 3.53. The van der Waals surface area contributed by atoms with Crippen molar-refractivity contribution in [3.05, 3.63) is 42.0 Å². The summed E-state index contributed by atoms with van der Waals surface area (Å²) in [6, 6.07) is 3.00. The third kappa shape index (κ3) is 2.70. The van der Waals surface area contributed by atoms with E-state index in [1.54, 1.807) is 6.07 Å². The number of aromatic amines is 1. The Morgan fingerprint density at radius 1 is 1.33 bits per heavy atom. The van der Waals surface area contributed by atoms with Crippen molar-refractivity contribution in [1.29, 1.82) is 0 Å². The molecule has 2 heterocycles. The second kappa shape index (κ2) is 5.09. The van der Waals surface area contributed by atoms with Crippen LogP contribution in [0.25, 0.3) is 0 Å². The van der Waals surface area contributed by atoms with Crippen molar-refractivity contribution in [1.82, 2.24) is 15.2 Å². The third-order valence-corrected chi connectivity index (χ3v) is 2.23. The van der Waals surface area contributed by atoms with Gasteiger partial charge in [-0.2, -0.15) is 5.10 Å². The Morgan fingerprint density at radius 2 is 2.17 bits per heavy atom. The Balaban J connectivity index is 2.09. The highest BCUT2D eigenvalue weighted by Gasteiger charge is 2.12. The molecular weight excluding hydrogens is 236 g/mol. The zero-order valence-corrected chi connectivity index (χ0v) is 9.25. The number of H-pyrrole nitrogens is 1. The third-order valence-electron chi connectivity index (χ3n) is 2.23. The van der Waals surface area contributed by atoms with E-state index in [0.29, 0.717) is 5.69 Å². The smallest absolute Gasteiger partial charge is 0.337 e. The summed E-state index contributed by atoms with van der Waals surface area (Å²) in [5.74, 6) is -1.45. The number of carbonyl (C=O) groups excluding carboxylic acids is 1. The van der Waals surface area contributed by atoms with E-state index in [9.17, 15) is 9.59 Å². The van der Waals surface area contributed by atoms with Crippen LogP contribution in [0.5, 0.6) is 0 Å². The molecule has 0 aromatic carbocycles. The summed E-state index contributed by atoms with van der Waals surface area (Å²) < 4.78 is 0. The molecule has 2 aromatic heterocycles. The normalized spacial score (nSPS) is 10.0. The zero-order chi connectivity index (χ0) is 13.0. The van der Waals surface area contributed by atoms with Crippen LogP contribution < -0.4 is 5.32 Å². The first-order valence-corrected chi connectivity index (χ1v) is 5.12. The maximum atomic E-state index is 11.7. The van der Waals surface area contributed by atoms with E-state index >= 15 is 0 Å². The van der Waals surface area contributed by atoms with Gasteiger partial charge in [-0.1, -0.05) is 0 Å². The van der Waals surface area contributed by atoms with Crippen LogP contribution >= 0.6 is 0 Å². The second-order valence-electron chi connectivity index (χ2n) is 3.53. The van der Waals surface area contributed by atoms with Gasteiger partial charge in [-0.25, -0.2) is 4.79 Å². The molecule has 0 aliphatic rings. The fraction of sp³-hybridized carbons (Fsp3) is 0.0909. The molecule has 7 nitrogen and oxygen atoms in total. The Hall–Kier alpha value is -2.70. The first-order valence-electron chi connectivity index (χ1n) is 5.12. The fourth-order valence-corrected chi connectivity index (χ4v) is 1.43. The molecule has 0 radical (unpaired) electrons. The van der Waals surface area contributed by atoms with E-state index in [0.717, 1.165) is 0 Å². The van der Waals surface area contributed by atoms with E-state index in [1.165, 1.54) is 24.7 Å². The number of anilines is 1. The Bertz CT molecular complexity index is 565. The molecule has 1 amide bonds. The number of aromatic carboxylic acids is 1. The van der Waals surface area contributed by atoms with Crippen molar-refractivity contribution < 1.29 is 14.7 Å². The lowest BCUT2D eigenvalue weighted by molar-refractivity contribution is -0.115. The van der Waals surface area contributed by atoms with Crippen LogP contribution in [0.2, 0.25) is 0 Å². The van der Waals surface area contributed by atoms with Crippen molar-refractivity contribution in [2.24, 2.45) is 0 Å². The minimum absolute atomic E-state index is 0.00274. The van der Waals surface area contributed by atoms with Crippen LogP contribution in [0.3, 0.4) is 0 Å². The molecule has 0 fully saturated rings. The number of carboxylic acid groups (broad SMARTS) is 1. The van der Waals surface area contributed by atoms with Gasteiger partial charge in [-0.15, -0.1) is 0 Å². The summed E-state index contributed by atoms with van der Waals surface area (Å²) in [5, 5.41) is 17.8. The number of hydrogen-bond donors (Lipinski definition) is 3. The molecule has 18 heavy (non-hydrogen) atoms. The molecule has 0 unspecified atom stereocenters. The molecular formula is C11H10N4O3. The minimum Gasteiger partial charge on any atom is -0.478 e. The lowest BCUT2D eigenvalue weighted by Gasteiger charge is -2.06. The van der Waals surface area contributed by atoms with E-state index in [2.05, 4.69) is 20.5 Å². The molecule has 0 saturated heterocycles. The molecule has 7 heteroatoms. The van der Waals surface area contributed by atoms with Gasteiger partial charge in [0, 0.05) is 18.1 Å². The summed E-state index contributed by atoms with van der Waals surface area (Å²) in [5.41, 5.74) is 0.825. The lowest BCUT2D eigenvalue weighted by Crippen LogP contribution is -2.17. The van der Waals surface area contributed by atoms with Gasteiger partial charge in [-0.05, 0) is 12.1 Å². The number of aromatic nitrogens is 3. The van der Waals surface area contributed by atoms with Gasteiger partial charge in [0.05, 0.1) is 23.9 Å². The number of nitrogens with zero attached hydrogens (tertiary/aromatic N) is 2. The Morgan fingerprint density at radius 3 is 2.83 bits per heavy atom. The monoisotopic (exact) mass is 246 g/mol. The Kier molecular flexibility index (Phi) is 3.33. The zero-order valence-electron chi connectivity index (χ0n) is 9.25. The van der Waals surface area contributed by atoms with Crippen LogP contribution in [0.4, 0.5) is 5.69 Å². The molecule has 0 saturated carbocycles. The highest BCUT2D eigenvalue weighted by molar-refractivity contribution is 6.00. The van der Waals surface area contributed by atoms with E-state index in [-0.39, 0.29) is 23.6 Å². The van der Waals surface area contributed by atoms with E-state index < -0.39 is 5.97 Å². The maximum absolute atomic E-state index is 11.7. The first kappa shape index (κ1) is 11.8. The highest BCUT2D eigenvalue weighted by atomic mass is 16.4. The average molecular weight is 246 g/mol. The van der Waals surface area contributed by atoms with Gasteiger partial charge in [0.1, 0.15) is 0 Å². The number of pyridine rings is 1. The number of nitrogens with one attached hydrogen (secondary N) is 2. The summed E-state index contributed by atoms with van der Waals surface area (Å²) in [6.45, 7) is 0. The molecule has 0 atom stereocenters. The number of hydrogen-bond acceptors (Lipinski definition) is 4. The van der Waals surface area contributed by atoms with Crippen LogP contribution in [0.1, 0.15) is 16.1 Å². The topological polar surface area (TPSA) is 108 Å². The molecule has 0 aliphatic carbocycles. The van der Waals surface area contributed by atoms with Crippen LogP contribution in [-0.4, -0.2) is 32.2 Å². The van der Waals surface area contributed by atoms with Gasteiger partial charge in [-0.3, -0.25) is 14.9 Å². The quantitative estimate of drug-likeness (QED) is 0.735. The van der Waals surface area contributed by atoms with Gasteiger partial charge >= 0.3 is 5.97 Å². The van der Waals surface area contributed by atoms with Crippen molar-refractivity contribution in [3.63, 3.8) is 0 Å². The van der Waals surface area contributed by atoms with Gasteiger partial charge in [0.2, 0.25) is 5.91 Å². The lowest BCUT2D eigenvalue weighted by atomic mass is 10.2. The molecule has 0 spiro atoms. The van der Waals surface area contributed by atoms with Gasteiger partial charge in [0.25, 0.3) is 0 Å². The van der Waals surface area contributed by atoms with E-state index in [1.807, 2.05) is 0 Å². The summed E-state index contributed by atoms with van der Waals surface area (Å²) in [6.07, 6.45) is 4.28.